The fourth-order valence-electron chi connectivity index (χ4n) is 3.25. The average Bonchev–Trinajstić information content (AvgIpc) is 2.67. The van der Waals surface area contributed by atoms with E-state index in [0.29, 0.717) is 25.0 Å². The SMILES string of the molecule is O=C(Nc1cc(F)c(F)c(F)c1)c1ccc(Cl)c(S(=O)(=O)C2CCCCC2)c1. The summed E-state index contributed by atoms with van der Waals surface area (Å²) in [5.74, 6) is -5.36. The molecule has 9 heteroatoms. The molecule has 0 saturated heterocycles. The van der Waals surface area contributed by atoms with Crippen LogP contribution in [0.4, 0.5) is 18.9 Å². The predicted molar refractivity (Wildman–Crippen MR) is 99.8 cm³/mol. The lowest BCUT2D eigenvalue weighted by Crippen LogP contribution is -2.25. The predicted octanol–water partition coefficient (Wildman–Crippen LogP) is 5.12. The summed E-state index contributed by atoms with van der Waals surface area (Å²) >= 11 is 6.07. The number of benzene rings is 2. The molecule has 0 radical (unpaired) electrons. The van der Waals surface area contributed by atoms with E-state index in [0.717, 1.165) is 25.3 Å². The van der Waals surface area contributed by atoms with Gasteiger partial charge in [-0.15, -0.1) is 0 Å². The van der Waals surface area contributed by atoms with E-state index in [-0.39, 0.29) is 21.2 Å². The molecule has 2 aromatic carbocycles. The molecule has 1 fully saturated rings. The van der Waals surface area contributed by atoms with Gasteiger partial charge in [-0.1, -0.05) is 30.9 Å². The van der Waals surface area contributed by atoms with Crippen LogP contribution in [-0.4, -0.2) is 19.6 Å². The van der Waals surface area contributed by atoms with Crippen LogP contribution in [-0.2, 0) is 9.84 Å². The van der Waals surface area contributed by atoms with E-state index in [1.54, 1.807) is 0 Å². The van der Waals surface area contributed by atoms with E-state index in [1.807, 2.05) is 0 Å². The van der Waals surface area contributed by atoms with E-state index in [4.69, 9.17) is 11.6 Å². The molecule has 3 rings (SSSR count). The van der Waals surface area contributed by atoms with Gasteiger partial charge in [-0.05, 0) is 31.0 Å². The first-order valence-corrected chi connectivity index (χ1v) is 10.6. The maximum Gasteiger partial charge on any atom is 0.255 e. The smallest absolute Gasteiger partial charge is 0.255 e. The first-order chi connectivity index (χ1) is 13.2. The molecule has 0 bridgehead atoms. The number of anilines is 1. The third-order valence-electron chi connectivity index (χ3n) is 4.73. The molecule has 1 N–H and O–H groups in total. The highest BCUT2D eigenvalue weighted by Crippen LogP contribution is 2.33. The number of carbonyl (C=O) groups excluding carboxylic acids is 1. The minimum Gasteiger partial charge on any atom is -0.322 e. The Morgan fingerprint density at radius 2 is 1.61 bits per heavy atom. The van der Waals surface area contributed by atoms with Gasteiger partial charge in [0.2, 0.25) is 0 Å². The van der Waals surface area contributed by atoms with Crippen molar-refractivity contribution < 1.29 is 26.4 Å². The second kappa shape index (κ2) is 8.13. The largest absolute Gasteiger partial charge is 0.322 e. The summed E-state index contributed by atoms with van der Waals surface area (Å²) in [5, 5.41) is 1.66. The Kier molecular flexibility index (Phi) is 6.00. The van der Waals surface area contributed by atoms with E-state index in [2.05, 4.69) is 5.32 Å². The minimum absolute atomic E-state index is 0.000921. The number of hydrogen-bond acceptors (Lipinski definition) is 3. The third-order valence-corrected chi connectivity index (χ3v) is 7.47. The maximum atomic E-state index is 13.3. The summed E-state index contributed by atoms with van der Waals surface area (Å²) in [4.78, 5) is 12.3. The Morgan fingerprint density at radius 1 is 1.00 bits per heavy atom. The Hall–Kier alpha value is -2.06. The van der Waals surface area contributed by atoms with Crippen LogP contribution < -0.4 is 5.32 Å². The van der Waals surface area contributed by atoms with Crippen LogP contribution in [0.25, 0.3) is 0 Å². The van der Waals surface area contributed by atoms with Crippen LogP contribution in [0.1, 0.15) is 42.5 Å². The molecular weight excluding hydrogens is 415 g/mol. The van der Waals surface area contributed by atoms with Gasteiger partial charge in [0.05, 0.1) is 15.2 Å². The lowest BCUT2D eigenvalue weighted by Gasteiger charge is -2.22. The molecule has 0 aromatic heterocycles. The summed E-state index contributed by atoms with van der Waals surface area (Å²) in [6.07, 6.45) is 3.66. The average molecular weight is 432 g/mol. The quantitative estimate of drug-likeness (QED) is 0.684. The van der Waals surface area contributed by atoms with E-state index in [1.165, 1.54) is 12.1 Å². The maximum absolute atomic E-state index is 13.3. The van der Waals surface area contributed by atoms with Crippen LogP contribution in [0.2, 0.25) is 5.02 Å². The fourth-order valence-corrected chi connectivity index (χ4v) is 5.63. The monoisotopic (exact) mass is 431 g/mol. The zero-order valence-electron chi connectivity index (χ0n) is 14.6. The van der Waals surface area contributed by atoms with Crippen molar-refractivity contribution in [2.24, 2.45) is 0 Å². The molecule has 1 saturated carbocycles. The minimum atomic E-state index is -3.72. The molecule has 4 nitrogen and oxygen atoms in total. The summed E-state index contributed by atoms with van der Waals surface area (Å²) in [7, 11) is -3.72. The van der Waals surface area contributed by atoms with Gasteiger partial charge < -0.3 is 5.32 Å². The van der Waals surface area contributed by atoms with Gasteiger partial charge in [0, 0.05) is 23.4 Å². The molecule has 0 atom stereocenters. The lowest BCUT2D eigenvalue weighted by molar-refractivity contribution is 0.102. The molecule has 150 valence electrons. The van der Waals surface area contributed by atoms with Crippen LogP contribution >= 0.6 is 11.6 Å². The second-order valence-corrected chi connectivity index (χ2v) is 9.26. The Bertz CT molecular complexity index is 998. The van der Waals surface area contributed by atoms with Crippen molar-refractivity contribution in [1.29, 1.82) is 0 Å². The molecule has 1 aliphatic carbocycles. The molecule has 0 heterocycles. The van der Waals surface area contributed by atoms with Crippen LogP contribution in [0, 0.1) is 17.5 Å². The molecule has 0 aliphatic heterocycles. The molecule has 0 unspecified atom stereocenters. The fraction of sp³-hybridized carbons (Fsp3) is 0.316. The number of rotatable bonds is 4. The first kappa shape index (κ1) is 20.7. The highest BCUT2D eigenvalue weighted by molar-refractivity contribution is 7.92. The van der Waals surface area contributed by atoms with Gasteiger partial charge in [-0.3, -0.25) is 4.79 Å². The number of amides is 1. The highest BCUT2D eigenvalue weighted by Gasteiger charge is 2.31. The molecule has 28 heavy (non-hydrogen) atoms. The van der Waals surface area contributed by atoms with Gasteiger partial charge in [-0.25, -0.2) is 21.6 Å². The van der Waals surface area contributed by atoms with Gasteiger partial charge in [0.25, 0.3) is 5.91 Å². The lowest BCUT2D eigenvalue weighted by atomic mass is 10.0. The molecular formula is C19H17ClF3NO3S. The second-order valence-electron chi connectivity index (χ2n) is 6.66. The van der Waals surface area contributed by atoms with Crippen molar-refractivity contribution >= 4 is 33.0 Å². The summed E-state index contributed by atoms with van der Waals surface area (Å²) < 4.78 is 65.5. The summed E-state index contributed by atoms with van der Waals surface area (Å²) in [6.45, 7) is 0. The van der Waals surface area contributed by atoms with E-state index < -0.39 is 38.4 Å². The Balaban J connectivity index is 1.89. The Labute approximate surface area is 165 Å². The molecule has 1 aliphatic rings. The summed E-state index contributed by atoms with van der Waals surface area (Å²) in [5.41, 5.74) is -0.350. The third kappa shape index (κ3) is 4.17. The molecule has 1 amide bonds. The molecule has 0 spiro atoms. The van der Waals surface area contributed by atoms with Gasteiger partial charge in [0.1, 0.15) is 0 Å². The zero-order valence-corrected chi connectivity index (χ0v) is 16.2. The zero-order chi connectivity index (χ0) is 20.5. The number of halogens is 4. The molecule has 2 aromatic rings. The van der Waals surface area contributed by atoms with Crippen LogP contribution in [0.15, 0.2) is 35.2 Å². The number of nitrogens with one attached hydrogen (secondary N) is 1. The van der Waals surface area contributed by atoms with Crippen molar-refractivity contribution in [2.75, 3.05) is 5.32 Å². The highest BCUT2D eigenvalue weighted by atomic mass is 35.5. The van der Waals surface area contributed by atoms with E-state index >= 15 is 0 Å². The topological polar surface area (TPSA) is 63.2 Å². The number of hydrogen-bond donors (Lipinski definition) is 1. The van der Waals surface area contributed by atoms with Crippen molar-refractivity contribution in [1.82, 2.24) is 0 Å². The number of sulfone groups is 1. The normalized spacial score (nSPS) is 15.4. The van der Waals surface area contributed by atoms with Gasteiger partial charge in [0.15, 0.2) is 27.3 Å². The number of carbonyl (C=O) groups is 1. The van der Waals surface area contributed by atoms with Gasteiger partial charge in [-0.2, -0.15) is 0 Å². The first-order valence-electron chi connectivity index (χ1n) is 8.69. The Morgan fingerprint density at radius 3 is 2.21 bits per heavy atom. The van der Waals surface area contributed by atoms with Crippen LogP contribution in [0.3, 0.4) is 0 Å². The standard InChI is InChI=1S/C19H17ClF3NO3S/c20-14-7-6-11(8-17(14)28(26,27)13-4-2-1-3-5-13)19(25)24-12-9-15(21)18(23)16(22)10-12/h6-10,13H,1-5H2,(H,24,25). The van der Waals surface area contributed by atoms with E-state index in [9.17, 15) is 26.4 Å². The van der Waals surface area contributed by atoms with Crippen molar-refractivity contribution in [2.45, 2.75) is 42.2 Å². The van der Waals surface area contributed by atoms with Crippen molar-refractivity contribution in [3.05, 3.63) is 58.4 Å². The van der Waals surface area contributed by atoms with Gasteiger partial charge >= 0.3 is 0 Å². The van der Waals surface area contributed by atoms with Crippen molar-refractivity contribution in [3.63, 3.8) is 0 Å². The van der Waals surface area contributed by atoms with Crippen LogP contribution in [0.5, 0.6) is 0 Å². The summed E-state index contributed by atoms with van der Waals surface area (Å²) in [6, 6.07) is 5.00. The van der Waals surface area contributed by atoms with Crippen molar-refractivity contribution in [3.8, 4) is 0 Å².